The quantitative estimate of drug-likeness (QED) is 0.816. The molecule has 132 valence electrons. The van der Waals surface area contributed by atoms with Crippen molar-refractivity contribution in [1.29, 1.82) is 0 Å². The van der Waals surface area contributed by atoms with Crippen molar-refractivity contribution in [3.05, 3.63) is 58.7 Å². The number of allylic oxidation sites excluding steroid dienone is 1. The molecule has 1 aromatic heterocycles. The van der Waals surface area contributed by atoms with Gasteiger partial charge in [0.25, 0.3) is 0 Å². The first-order valence-electron chi connectivity index (χ1n) is 7.71. The number of aromatic nitrogens is 2. The zero-order chi connectivity index (χ0) is 18.7. The minimum atomic E-state index is -1.22. The molecule has 0 spiro atoms. The molecule has 1 atom stereocenters. The summed E-state index contributed by atoms with van der Waals surface area (Å²) in [5, 5.41) is 16.4. The monoisotopic (exact) mass is 345 g/mol. The van der Waals surface area contributed by atoms with Crippen molar-refractivity contribution in [2.75, 3.05) is 0 Å². The number of carboxylic acid groups (broad SMARTS) is 1. The van der Waals surface area contributed by atoms with Crippen molar-refractivity contribution in [2.24, 2.45) is 0 Å². The van der Waals surface area contributed by atoms with Crippen LogP contribution in [0.2, 0.25) is 0 Å². The fourth-order valence-corrected chi connectivity index (χ4v) is 2.61. The van der Waals surface area contributed by atoms with E-state index in [0.717, 1.165) is 5.57 Å². The number of carbonyl (C=O) groups excluding carboxylic acids is 1. The molecule has 2 N–H and O–H groups in total. The predicted molar refractivity (Wildman–Crippen MR) is 90.9 cm³/mol. The summed E-state index contributed by atoms with van der Waals surface area (Å²) in [7, 11) is 0. The van der Waals surface area contributed by atoms with Gasteiger partial charge in [-0.15, -0.1) is 0 Å². The maximum Gasteiger partial charge on any atom is 0.331 e. The number of nitrogens with one attached hydrogen (secondary N) is 1. The van der Waals surface area contributed by atoms with Gasteiger partial charge < -0.3 is 10.4 Å². The Bertz CT molecular complexity index is 834. The summed E-state index contributed by atoms with van der Waals surface area (Å²) in [5.74, 6) is -2.04. The topological polar surface area (TPSA) is 84.2 Å². The number of aliphatic carboxylic acids is 1. The van der Waals surface area contributed by atoms with E-state index >= 15 is 0 Å². The van der Waals surface area contributed by atoms with E-state index in [4.69, 9.17) is 0 Å². The number of rotatable bonds is 5. The molecule has 0 unspecified atom stereocenters. The summed E-state index contributed by atoms with van der Waals surface area (Å²) >= 11 is 0. The van der Waals surface area contributed by atoms with Crippen LogP contribution in [0.5, 0.6) is 0 Å². The first-order chi connectivity index (χ1) is 11.7. The summed E-state index contributed by atoms with van der Waals surface area (Å²) in [5.41, 5.74) is 2.82. The summed E-state index contributed by atoms with van der Waals surface area (Å²) < 4.78 is 14.6. The normalized spacial score (nSPS) is 11.7. The minimum Gasteiger partial charge on any atom is -0.479 e. The lowest BCUT2D eigenvalue weighted by Crippen LogP contribution is -2.33. The predicted octanol–water partition coefficient (Wildman–Crippen LogP) is 2.84. The molecule has 0 aliphatic rings. The van der Waals surface area contributed by atoms with Crippen molar-refractivity contribution < 1.29 is 19.1 Å². The van der Waals surface area contributed by atoms with Crippen molar-refractivity contribution in [2.45, 2.75) is 33.7 Å². The van der Waals surface area contributed by atoms with Crippen LogP contribution in [-0.2, 0) is 9.59 Å². The van der Waals surface area contributed by atoms with Gasteiger partial charge in [-0.1, -0.05) is 5.57 Å². The Morgan fingerprint density at radius 2 is 1.84 bits per heavy atom. The standard InChI is InChI=1S/C18H20FN3O3/c1-10(2)9-15(23)20-17(18(24)25)16-11(3)21-22(12(16)4)14-7-5-13(19)6-8-14/h5-9,17H,1-4H3,(H,20,23)(H,24,25)/t17-/m1/s1. The van der Waals surface area contributed by atoms with E-state index in [1.165, 1.54) is 22.9 Å². The van der Waals surface area contributed by atoms with E-state index < -0.39 is 17.9 Å². The van der Waals surface area contributed by atoms with Crippen molar-refractivity contribution >= 4 is 11.9 Å². The average Bonchev–Trinajstić information content (AvgIpc) is 2.80. The number of nitrogens with zero attached hydrogens (tertiary/aromatic N) is 2. The molecule has 0 saturated carbocycles. The van der Waals surface area contributed by atoms with Gasteiger partial charge in [0, 0.05) is 17.3 Å². The van der Waals surface area contributed by atoms with Gasteiger partial charge >= 0.3 is 5.97 Å². The van der Waals surface area contributed by atoms with E-state index in [1.807, 2.05) is 0 Å². The Labute approximate surface area is 145 Å². The highest BCUT2D eigenvalue weighted by molar-refractivity contribution is 5.92. The second-order valence-electron chi connectivity index (χ2n) is 5.97. The Kier molecular flexibility index (Phi) is 5.36. The highest BCUT2D eigenvalue weighted by Gasteiger charge is 2.28. The van der Waals surface area contributed by atoms with Gasteiger partial charge in [0.1, 0.15) is 5.82 Å². The molecular weight excluding hydrogens is 325 g/mol. The summed E-state index contributed by atoms with van der Waals surface area (Å²) in [6.07, 6.45) is 1.34. The first-order valence-corrected chi connectivity index (χ1v) is 7.71. The maximum atomic E-state index is 13.1. The van der Waals surface area contributed by atoms with Gasteiger partial charge in [-0.2, -0.15) is 5.10 Å². The van der Waals surface area contributed by atoms with Gasteiger partial charge in [0.15, 0.2) is 6.04 Å². The maximum absolute atomic E-state index is 13.1. The molecule has 7 heteroatoms. The van der Waals surface area contributed by atoms with Crippen LogP contribution in [0, 0.1) is 19.7 Å². The molecule has 1 heterocycles. The van der Waals surface area contributed by atoms with Crippen LogP contribution in [0.25, 0.3) is 5.69 Å². The largest absolute Gasteiger partial charge is 0.479 e. The highest BCUT2D eigenvalue weighted by Crippen LogP contribution is 2.25. The molecule has 0 aliphatic heterocycles. The number of hydrogen-bond acceptors (Lipinski definition) is 3. The number of hydrogen-bond donors (Lipinski definition) is 2. The average molecular weight is 345 g/mol. The van der Waals surface area contributed by atoms with Crippen LogP contribution in [0.1, 0.15) is 36.8 Å². The van der Waals surface area contributed by atoms with Gasteiger partial charge in [-0.25, -0.2) is 13.9 Å². The molecule has 0 radical (unpaired) electrons. The lowest BCUT2D eigenvalue weighted by molar-refractivity contribution is -0.141. The fraction of sp³-hybridized carbons (Fsp3) is 0.278. The first kappa shape index (κ1) is 18.4. The third kappa shape index (κ3) is 4.12. The Morgan fingerprint density at radius 1 is 1.24 bits per heavy atom. The fourth-order valence-electron chi connectivity index (χ4n) is 2.61. The van der Waals surface area contributed by atoms with E-state index in [1.54, 1.807) is 39.8 Å². The van der Waals surface area contributed by atoms with Crippen LogP contribution in [0.15, 0.2) is 35.9 Å². The highest BCUT2D eigenvalue weighted by atomic mass is 19.1. The Hall–Kier alpha value is -2.96. The van der Waals surface area contributed by atoms with E-state index in [0.29, 0.717) is 22.6 Å². The summed E-state index contributed by atoms with van der Waals surface area (Å²) in [4.78, 5) is 23.7. The van der Waals surface area contributed by atoms with E-state index in [9.17, 15) is 19.1 Å². The minimum absolute atomic E-state index is 0.372. The molecule has 2 aromatic rings. The number of carbonyl (C=O) groups is 2. The molecule has 1 amide bonds. The number of amides is 1. The van der Waals surface area contributed by atoms with E-state index in [2.05, 4.69) is 10.4 Å². The lowest BCUT2D eigenvalue weighted by Gasteiger charge is -2.14. The third-order valence-corrected chi connectivity index (χ3v) is 3.66. The molecule has 0 aliphatic carbocycles. The van der Waals surface area contributed by atoms with Crippen molar-refractivity contribution in [1.82, 2.24) is 15.1 Å². The zero-order valence-corrected chi connectivity index (χ0v) is 14.5. The number of carboxylic acids is 1. The summed E-state index contributed by atoms with van der Waals surface area (Å²) in [6, 6.07) is 4.48. The number of benzene rings is 1. The number of aryl methyl sites for hydroxylation is 1. The van der Waals surface area contributed by atoms with Crippen molar-refractivity contribution in [3.8, 4) is 5.69 Å². The van der Waals surface area contributed by atoms with E-state index in [-0.39, 0.29) is 5.82 Å². The second-order valence-corrected chi connectivity index (χ2v) is 5.97. The van der Waals surface area contributed by atoms with Gasteiger partial charge in [-0.3, -0.25) is 4.79 Å². The zero-order valence-electron chi connectivity index (χ0n) is 14.5. The molecule has 1 aromatic carbocycles. The molecule has 0 saturated heterocycles. The molecule has 0 bridgehead atoms. The molecule has 2 rings (SSSR count). The smallest absolute Gasteiger partial charge is 0.331 e. The Morgan fingerprint density at radius 3 is 2.36 bits per heavy atom. The van der Waals surface area contributed by atoms with Gasteiger partial charge in [0.2, 0.25) is 5.91 Å². The SMILES string of the molecule is CC(C)=CC(=O)N[C@@H](C(=O)O)c1c(C)nn(-c2ccc(F)cc2)c1C. The second kappa shape index (κ2) is 7.29. The number of halogens is 1. The molecule has 0 fully saturated rings. The van der Waals surface area contributed by atoms with Crippen LogP contribution < -0.4 is 5.32 Å². The van der Waals surface area contributed by atoms with Crippen LogP contribution in [-0.4, -0.2) is 26.8 Å². The Balaban J connectivity index is 2.45. The molecule has 6 nitrogen and oxygen atoms in total. The van der Waals surface area contributed by atoms with Crippen LogP contribution in [0.3, 0.4) is 0 Å². The lowest BCUT2D eigenvalue weighted by atomic mass is 10.0. The van der Waals surface area contributed by atoms with Crippen LogP contribution in [0.4, 0.5) is 4.39 Å². The van der Waals surface area contributed by atoms with Gasteiger partial charge in [-0.05, 0) is 52.0 Å². The molecular formula is C18H20FN3O3. The third-order valence-electron chi connectivity index (χ3n) is 3.66. The summed E-state index contributed by atoms with van der Waals surface area (Å²) in [6.45, 7) is 6.88. The molecule has 25 heavy (non-hydrogen) atoms. The van der Waals surface area contributed by atoms with Gasteiger partial charge in [0.05, 0.1) is 11.4 Å². The van der Waals surface area contributed by atoms with Crippen LogP contribution >= 0.6 is 0 Å². The van der Waals surface area contributed by atoms with Crippen molar-refractivity contribution in [3.63, 3.8) is 0 Å².